The van der Waals surface area contributed by atoms with Crippen molar-refractivity contribution in [3.63, 3.8) is 0 Å². The SMILES string of the molecule is C=C/C=c1\c2n(c3cc(-c4ccccc4)ccc13)-c1ccccc1B(n1c3cc(-c4ccccc4)ccc3c3ccc(-c4ccccc4)cc31)C=2c1ccccc1. The summed E-state index contributed by atoms with van der Waals surface area (Å²) in [6.07, 6.45) is 4.15. The largest absolute Gasteiger partial charge is 0.376 e. The molecule has 8 aromatic carbocycles. The molecule has 0 unspecified atom stereocenters. The first-order chi connectivity index (χ1) is 28.3. The average Bonchev–Trinajstić information content (AvgIpc) is 3.78. The molecular weight excluding hydrogens is 687 g/mol. The van der Waals surface area contributed by atoms with Gasteiger partial charge in [0, 0.05) is 38.1 Å². The van der Waals surface area contributed by atoms with Crippen LogP contribution in [0.2, 0.25) is 0 Å². The standard InChI is InChI=1S/C54H37BN2/c1-2-17-47-46-33-30-41(37-18-7-3-8-19-37)34-50(46)56-49-27-16-15-26-48(49)55(53(54(47)56)40-24-13-6-14-25-40)57-51-35-42(38-20-9-4-10-21-38)28-31-44(51)45-32-29-43(36-52(45)57)39-22-11-5-12-23-39/h2-36H,1H2/b47-17-. The van der Waals surface area contributed by atoms with E-state index in [4.69, 9.17) is 0 Å². The third kappa shape index (κ3) is 5.28. The molecule has 57 heavy (non-hydrogen) atoms. The van der Waals surface area contributed by atoms with Crippen LogP contribution in [-0.4, -0.2) is 15.9 Å². The van der Waals surface area contributed by atoms with E-state index in [1.165, 1.54) is 98.8 Å². The van der Waals surface area contributed by atoms with Gasteiger partial charge < -0.3 is 9.05 Å². The Balaban J connectivity index is 1.33. The summed E-state index contributed by atoms with van der Waals surface area (Å²) >= 11 is 0. The topological polar surface area (TPSA) is 9.86 Å². The van der Waals surface area contributed by atoms with Gasteiger partial charge in [0.15, 0.2) is 0 Å². The minimum Gasteiger partial charge on any atom is -0.376 e. The number of para-hydroxylation sites is 1. The molecule has 0 saturated heterocycles. The predicted octanol–water partition coefficient (Wildman–Crippen LogP) is 11.2. The number of benzene rings is 8. The Morgan fingerprint density at radius 3 is 1.35 bits per heavy atom. The van der Waals surface area contributed by atoms with Crippen molar-refractivity contribution in [2.45, 2.75) is 0 Å². The maximum absolute atomic E-state index is 4.25. The first kappa shape index (κ1) is 33.0. The second-order valence-electron chi connectivity index (χ2n) is 14.9. The summed E-state index contributed by atoms with van der Waals surface area (Å²) in [4.78, 5) is 0. The van der Waals surface area contributed by atoms with Crippen LogP contribution in [0.5, 0.6) is 0 Å². The van der Waals surface area contributed by atoms with Crippen LogP contribution in [0.15, 0.2) is 213 Å². The Morgan fingerprint density at radius 2 is 0.842 bits per heavy atom. The normalized spacial score (nSPS) is 12.7. The fourth-order valence-corrected chi connectivity index (χ4v) is 9.26. The number of nitrogens with zero attached hydrogens (tertiary/aromatic N) is 2. The van der Waals surface area contributed by atoms with Crippen LogP contribution in [0.25, 0.3) is 83.3 Å². The number of aromatic nitrogens is 2. The number of hydrogen-bond acceptors (Lipinski definition) is 0. The van der Waals surface area contributed by atoms with Gasteiger partial charge in [-0.3, -0.25) is 0 Å². The van der Waals surface area contributed by atoms with Crippen molar-refractivity contribution in [3.05, 3.63) is 229 Å². The molecule has 1 aliphatic rings. The van der Waals surface area contributed by atoms with Gasteiger partial charge in [-0.05, 0) is 74.1 Å². The summed E-state index contributed by atoms with van der Waals surface area (Å²) in [5.74, 6) is 0. The quantitative estimate of drug-likeness (QED) is 0.151. The second-order valence-corrected chi connectivity index (χ2v) is 14.9. The highest BCUT2D eigenvalue weighted by molar-refractivity contribution is 6.90. The number of hydrogen-bond donors (Lipinski definition) is 0. The lowest BCUT2D eigenvalue weighted by molar-refractivity contribution is 1.06. The maximum atomic E-state index is 4.25. The third-order valence-electron chi connectivity index (χ3n) is 11.8. The summed E-state index contributed by atoms with van der Waals surface area (Å²) in [5, 5.41) is 6.05. The number of fused-ring (bicyclic) bond motifs is 8. The van der Waals surface area contributed by atoms with Gasteiger partial charge in [0.25, 0.3) is 0 Å². The molecule has 3 heteroatoms. The van der Waals surface area contributed by atoms with Crippen molar-refractivity contribution >= 4 is 56.6 Å². The Hall–Kier alpha value is -7.36. The van der Waals surface area contributed by atoms with Crippen LogP contribution in [0, 0.1) is 0 Å². The van der Waals surface area contributed by atoms with Crippen molar-refractivity contribution in [1.29, 1.82) is 0 Å². The minimum absolute atomic E-state index is 0.164. The minimum atomic E-state index is -0.164. The molecule has 0 N–H and O–H groups in total. The third-order valence-corrected chi connectivity index (χ3v) is 11.8. The first-order valence-electron chi connectivity index (χ1n) is 19.7. The molecule has 0 fully saturated rings. The predicted molar refractivity (Wildman–Crippen MR) is 243 cm³/mol. The van der Waals surface area contributed by atoms with Gasteiger partial charge >= 0.3 is 6.85 Å². The van der Waals surface area contributed by atoms with Crippen LogP contribution in [0.3, 0.4) is 0 Å². The second kappa shape index (κ2) is 13.4. The fourth-order valence-electron chi connectivity index (χ4n) is 9.26. The summed E-state index contributed by atoms with van der Waals surface area (Å²) < 4.78 is 5.16. The van der Waals surface area contributed by atoms with Crippen molar-refractivity contribution < 1.29 is 0 Å². The zero-order valence-electron chi connectivity index (χ0n) is 31.4. The number of rotatable bonds is 6. The molecule has 2 nitrogen and oxygen atoms in total. The van der Waals surface area contributed by atoms with Crippen LogP contribution in [0.4, 0.5) is 0 Å². The Kier molecular flexibility index (Phi) is 7.79. The molecule has 0 bridgehead atoms. The van der Waals surface area contributed by atoms with Gasteiger partial charge in [-0.25, -0.2) is 0 Å². The summed E-state index contributed by atoms with van der Waals surface area (Å²) in [5.41, 5.74) is 15.7. The van der Waals surface area contributed by atoms with Gasteiger partial charge in [-0.2, -0.15) is 0 Å². The van der Waals surface area contributed by atoms with Crippen LogP contribution < -0.4 is 16.0 Å². The van der Waals surface area contributed by atoms with E-state index in [0.29, 0.717) is 0 Å². The summed E-state index contributed by atoms with van der Waals surface area (Å²) in [6.45, 7) is 4.08. The van der Waals surface area contributed by atoms with E-state index in [1.807, 2.05) is 6.08 Å². The van der Waals surface area contributed by atoms with E-state index in [9.17, 15) is 0 Å². The van der Waals surface area contributed by atoms with E-state index in [-0.39, 0.29) is 6.85 Å². The summed E-state index contributed by atoms with van der Waals surface area (Å²) in [7, 11) is 0. The van der Waals surface area contributed by atoms with Crippen molar-refractivity contribution in [2.75, 3.05) is 0 Å². The van der Waals surface area contributed by atoms with Crippen LogP contribution >= 0.6 is 0 Å². The molecule has 2 aromatic heterocycles. The van der Waals surface area contributed by atoms with E-state index >= 15 is 0 Å². The lowest BCUT2D eigenvalue weighted by Crippen LogP contribution is -2.52. The van der Waals surface area contributed by atoms with Crippen molar-refractivity contribution in [3.8, 4) is 39.1 Å². The summed E-state index contributed by atoms with van der Waals surface area (Å²) in [6, 6.07) is 73.2. The molecule has 11 rings (SSSR count). The maximum Gasteiger partial charge on any atom is 0.333 e. The molecule has 0 aliphatic carbocycles. The smallest absolute Gasteiger partial charge is 0.333 e. The highest BCUT2D eigenvalue weighted by atomic mass is 15.0. The van der Waals surface area contributed by atoms with Crippen LogP contribution in [-0.2, 0) is 0 Å². The highest BCUT2D eigenvalue weighted by Crippen LogP contribution is 2.38. The Bertz CT molecular complexity index is 3190. The average molecular weight is 725 g/mol. The van der Waals surface area contributed by atoms with Crippen molar-refractivity contribution in [1.82, 2.24) is 9.05 Å². The zero-order valence-corrected chi connectivity index (χ0v) is 31.4. The lowest BCUT2D eigenvalue weighted by Gasteiger charge is -2.29. The molecule has 266 valence electrons. The van der Waals surface area contributed by atoms with Gasteiger partial charge in [-0.15, -0.1) is 0 Å². The molecule has 0 saturated carbocycles. The number of allylic oxidation sites excluding steroid dienone is 1. The van der Waals surface area contributed by atoms with Gasteiger partial charge in [0.1, 0.15) is 0 Å². The van der Waals surface area contributed by atoms with Gasteiger partial charge in [0.05, 0.1) is 10.9 Å². The monoisotopic (exact) mass is 724 g/mol. The van der Waals surface area contributed by atoms with E-state index < -0.39 is 0 Å². The first-order valence-corrected chi connectivity index (χ1v) is 19.7. The zero-order chi connectivity index (χ0) is 37.9. The fraction of sp³-hybridized carbons (Fsp3) is 0. The van der Waals surface area contributed by atoms with Crippen LogP contribution in [0.1, 0.15) is 5.56 Å². The molecule has 0 atom stereocenters. The molecule has 1 aliphatic heterocycles. The van der Waals surface area contributed by atoms with Crippen molar-refractivity contribution in [2.24, 2.45) is 0 Å². The molecule has 3 heterocycles. The molecule has 0 radical (unpaired) electrons. The van der Waals surface area contributed by atoms with E-state index in [1.54, 1.807) is 0 Å². The Morgan fingerprint density at radius 1 is 0.404 bits per heavy atom. The van der Waals surface area contributed by atoms with Gasteiger partial charge in [0.2, 0.25) is 0 Å². The molecule has 0 spiro atoms. The van der Waals surface area contributed by atoms with Gasteiger partial charge in [-0.1, -0.05) is 195 Å². The Labute approximate surface area is 332 Å². The molecule has 0 amide bonds. The lowest BCUT2D eigenvalue weighted by atomic mass is 9.46. The molecular formula is C54H37BN2. The van der Waals surface area contributed by atoms with E-state index in [0.717, 1.165) is 0 Å². The highest BCUT2D eigenvalue weighted by Gasteiger charge is 2.37. The van der Waals surface area contributed by atoms with E-state index in [2.05, 4.69) is 222 Å². The molecule has 10 aromatic rings.